The van der Waals surface area contributed by atoms with Crippen molar-refractivity contribution in [2.75, 3.05) is 34.5 Å². The molecular weight excluding hydrogens is 290 g/mol. The van der Waals surface area contributed by atoms with Gasteiger partial charge in [-0.15, -0.1) is 0 Å². The van der Waals surface area contributed by atoms with Crippen LogP contribution in [0.15, 0.2) is 12.1 Å². The highest BCUT2D eigenvalue weighted by molar-refractivity contribution is 6.33. The van der Waals surface area contributed by atoms with Crippen molar-refractivity contribution >= 4 is 11.6 Å². The molecule has 0 heterocycles. The van der Waals surface area contributed by atoms with Gasteiger partial charge in [-0.25, -0.2) is 0 Å². The normalized spacial score (nSPS) is 15.8. The third-order valence-corrected chi connectivity index (χ3v) is 4.59. The molecule has 1 N–H and O–H groups in total. The van der Waals surface area contributed by atoms with Gasteiger partial charge in [0.1, 0.15) is 0 Å². The molecule has 21 heavy (non-hydrogen) atoms. The topological polar surface area (TPSA) is 39.7 Å². The van der Waals surface area contributed by atoms with Crippen LogP contribution in [0.1, 0.15) is 24.8 Å². The van der Waals surface area contributed by atoms with Crippen molar-refractivity contribution in [2.45, 2.75) is 25.8 Å². The number of ether oxygens (including phenoxy) is 3. The van der Waals surface area contributed by atoms with Crippen LogP contribution in [0, 0.1) is 5.41 Å². The zero-order chi connectivity index (χ0) is 15.3. The molecule has 1 aromatic rings. The lowest BCUT2D eigenvalue weighted by Gasteiger charge is -2.17. The lowest BCUT2D eigenvalue weighted by atomic mass is 10.0. The van der Waals surface area contributed by atoms with Crippen LogP contribution >= 0.6 is 11.6 Å². The predicted octanol–water partition coefficient (Wildman–Crippen LogP) is 3.26. The highest BCUT2D eigenvalue weighted by Gasteiger charge is 2.41. The van der Waals surface area contributed by atoms with Crippen LogP contribution in [0.5, 0.6) is 11.5 Å². The second-order valence-electron chi connectivity index (χ2n) is 5.62. The first kappa shape index (κ1) is 16.4. The molecule has 0 amide bonds. The summed E-state index contributed by atoms with van der Waals surface area (Å²) in [5, 5.41) is 4.12. The molecule has 0 aliphatic heterocycles. The Hall–Kier alpha value is -0.970. The standard InChI is InChI=1S/C16H24ClNO3/c1-19-9-8-16(6-7-16)11-18-10-12-4-5-13(20-2)15(21-3)14(12)17/h4-5,18H,6-11H2,1-3H3. The van der Waals surface area contributed by atoms with E-state index in [0.717, 1.165) is 31.7 Å². The summed E-state index contributed by atoms with van der Waals surface area (Å²) < 4.78 is 15.7. The summed E-state index contributed by atoms with van der Waals surface area (Å²) >= 11 is 6.38. The summed E-state index contributed by atoms with van der Waals surface area (Å²) in [6.07, 6.45) is 3.68. The molecule has 1 aromatic carbocycles. The van der Waals surface area contributed by atoms with Gasteiger partial charge >= 0.3 is 0 Å². The molecule has 0 atom stereocenters. The summed E-state index contributed by atoms with van der Waals surface area (Å²) in [5.41, 5.74) is 1.45. The van der Waals surface area contributed by atoms with Crippen LogP contribution in [0.3, 0.4) is 0 Å². The summed E-state index contributed by atoms with van der Waals surface area (Å²) in [5.74, 6) is 1.25. The third-order valence-electron chi connectivity index (χ3n) is 4.17. The second-order valence-corrected chi connectivity index (χ2v) is 6.00. The Morgan fingerprint density at radius 3 is 2.52 bits per heavy atom. The molecule has 118 valence electrons. The molecule has 5 heteroatoms. The van der Waals surface area contributed by atoms with Gasteiger partial charge in [-0.3, -0.25) is 0 Å². The van der Waals surface area contributed by atoms with Crippen LogP contribution in [0.4, 0.5) is 0 Å². The fraction of sp³-hybridized carbons (Fsp3) is 0.625. The molecule has 4 nitrogen and oxygen atoms in total. The molecule has 1 aliphatic carbocycles. The minimum Gasteiger partial charge on any atom is -0.493 e. The van der Waals surface area contributed by atoms with Crippen LogP contribution in [-0.2, 0) is 11.3 Å². The van der Waals surface area contributed by atoms with Crippen molar-refractivity contribution in [3.05, 3.63) is 22.7 Å². The van der Waals surface area contributed by atoms with E-state index in [2.05, 4.69) is 5.32 Å². The number of hydrogen-bond acceptors (Lipinski definition) is 4. The van der Waals surface area contributed by atoms with Gasteiger partial charge in [-0.1, -0.05) is 17.7 Å². The van der Waals surface area contributed by atoms with Crippen molar-refractivity contribution < 1.29 is 14.2 Å². The van der Waals surface area contributed by atoms with E-state index in [4.69, 9.17) is 25.8 Å². The SMILES string of the molecule is COCCC1(CNCc2ccc(OC)c(OC)c2Cl)CC1. The van der Waals surface area contributed by atoms with Crippen molar-refractivity contribution in [1.29, 1.82) is 0 Å². The van der Waals surface area contributed by atoms with Crippen molar-refractivity contribution in [3.63, 3.8) is 0 Å². The fourth-order valence-corrected chi connectivity index (χ4v) is 2.84. The maximum absolute atomic E-state index is 6.38. The average molecular weight is 314 g/mol. The first-order chi connectivity index (χ1) is 10.2. The molecule has 0 bridgehead atoms. The van der Waals surface area contributed by atoms with Gasteiger partial charge in [-0.05, 0) is 36.3 Å². The second kappa shape index (κ2) is 7.34. The molecule has 1 saturated carbocycles. The van der Waals surface area contributed by atoms with Gasteiger partial charge in [0.25, 0.3) is 0 Å². The number of rotatable bonds is 9. The molecular formula is C16H24ClNO3. The highest BCUT2D eigenvalue weighted by Crippen LogP contribution is 2.48. The maximum Gasteiger partial charge on any atom is 0.179 e. The van der Waals surface area contributed by atoms with Crippen LogP contribution in [-0.4, -0.2) is 34.5 Å². The quantitative estimate of drug-likeness (QED) is 0.759. The maximum atomic E-state index is 6.38. The zero-order valence-corrected chi connectivity index (χ0v) is 13.8. The van der Waals surface area contributed by atoms with Gasteiger partial charge in [0.2, 0.25) is 0 Å². The number of benzene rings is 1. The van der Waals surface area contributed by atoms with E-state index in [1.54, 1.807) is 21.3 Å². The number of hydrogen-bond donors (Lipinski definition) is 1. The van der Waals surface area contributed by atoms with Crippen molar-refractivity contribution in [1.82, 2.24) is 5.32 Å². The van der Waals surface area contributed by atoms with E-state index >= 15 is 0 Å². The van der Waals surface area contributed by atoms with E-state index in [1.165, 1.54) is 12.8 Å². The van der Waals surface area contributed by atoms with Crippen LogP contribution in [0.25, 0.3) is 0 Å². The van der Waals surface area contributed by atoms with Crippen LogP contribution < -0.4 is 14.8 Å². The first-order valence-corrected chi connectivity index (χ1v) is 7.62. The number of nitrogens with one attached hydrogen (secondary N) is 1. The Balaban J connectivity index is 1.92. The molecule has 0 unspecified atom stereocenters. The van der Waals surface area contributed by atoms with E-state index in [9.17, 15) is 0 Å². The molecule has 0 radical (unpaired) electrons. The zero-order valence-electron chi connectivity index (χ0n) is 13.0. The molecule has 1 fully saturated rings. The minimum atomic E-state index is 0.430. The fourth-order valence-electron chi connectivity index (χ4n) is 2.54. The van der Waals surface area contributed by atoms with Crippen molar-refractivity contribution in [3.8, 4) is 11.5 Å². The Labute approximate surface area is 131 Å². The van der Waals surface area contributed by atoms with Crippen molar-refractivity contribution in [2.24, 2.45) is 5.41 Å². The largest absolute Gasteiger partial charge is 0.493 e. The van der Waals surface area contributed by atoms with E-state index in [-0.39, 0.29) is 0 Å². The lowest BCUT2D eigenvalue weighted by Crippen LogP contribution is -2.24. The monoisotopic (exact) mass is 313 g/mol. The van der Waals surface area contributed by atoms with Gasteiger partial charge in [0.15, 0.2) is 11.5 Å². The van der Waals surface area contributed by atoms with E-state index < -0.39 is 0 Å². The number of halogens is 1. The smallest absolute Gasteiger partial charge is 0.179 e. The molecule has 0 spiro atoms. The van der Waals surface area contributed by atoms with Gasteiger partial charge in [-0.2, -0.15) is 0 Å². The Kier molecular flexibility index (Phi) is 5.73. The van der Waals surface area contributed by atoms with Gasteiger partial charge in [0, 0.05) is 26.8 Å². The molecule has 2 rings (SSSR count). The molecule has 0 saturated heterocycles. The van der Waals surface area contributed by atoms with Crippen LogP contribution in [0.2, 0.25) is 5.02 Å². The summed E-state index contributed by atoms with van der Waals surface area (Å²) in [6, 6.07) is 3.87. The average Bonchev–Trinajstić information content (AvgIpc) is 3.27. The summed E-state index contributed by atoms with van der Waals surface area (Å²) in [4.78, 5) is 0. The first-order valence-electron chi connectivity index (χ1n) is 7.25. The van der Waals surface area contributed by atoms with Gasteiger partial charge in [0.05, 0.1) is 19.2 Å². The third kappa shape index (κ3) is 4.02. The van der Waals surface area contributed by atoms with E-state index in [0.29, 0.717) is 21.9 Å². The van der Waals surface area contributed by atoms with Gasteiger partial charge < -0.3 is 19.5 Å². The van der Waals surface area contributed by atoms with E-state index in [1.807, 2.05) is 12.1 Å². The lowest BCUT2D eigenvalue weighted by molar-refractivity contribution is 0.171. The predicted molar refractivity (Wildman–Crippen MR) is 84.4 cm³/mol. The Morgan fingerprint density at radius 1 is 1.19 bits per heavy atom. The summed E-state index contributed by atoms with van der Waals surface area (Å²) in [6.45, 7) is 2.56. The number of methoxy groups -OCH3 is 3. The molecule has 0 aromatic heterocycles. The highest BCUT2D eigenvalue weighted by atomic mass is 35.5. The Bertz CT molecular complexity index is 475. The minimum absolute atomic E-state index is 0.430. The Morgan fingerprint density at radius 2 is 1.95 bits per heavy atom. The summed E-state index contributed by atoms with van der Waals surface area (Å²) in [7, 11) is 4.97. The molecule has 1 aliphatic rings.